The third-order valence-electron chi connectivity index (χ3n) is 4.40. The quantitative estimate of drug-likeness (QED) is 0.508. The lowest BCUT2D eigenvalue weighted by Crippen LogP contribution is -2.42. The number of imidazole rings is 1. The maximum atomic E-state index is 12.2. The highest BCUT2D eigenvalue weighted by Gasteiger charge is 2.29. The molecule has 0 atom stereocenters. The molecule has 2 aliphatic heterocycles. The van der Waals surface area contributed by atoms with Gasteiger partial charge in [-0.2, -0.15) is 0 Å². The van der Waals surface area contributed by atoms with Gasteiger partial charge in [-0.15, -0.1) is 0 Å². The summed E-state index contributed by atoms with van der Waals surface area (Å²) in [7, 11) is -0.211. The van der Waals surface area contributed by atoms with Crippen LogP contribution in [0.25, 0.3) is 0 Å². The van der Waals surface area contributed by atoms with E-state index < -0.39 is 15.9 Å². The minimum Gasteiger partial charge on any atom is -0.379 e. The minimum atomic E-state index is -3.71. The monoisotopic (exact) mass is 432 g/mol. The number of hydrogen-bond donors (Lipinski definition) is 2. The van der Waals surface area contributed by atoms with Crippen molar-refractivity contribution in [1.29, 1.82) is 0 Å². The standard InChI is InChI=1S/C15H24N6O5S2/c1-19-10-20(2)14(23)12-13(19)17-15(16-12)27-9-11(22)18-28(24,25)8-5-21-3-6-26-7-4-21/h3-10H2,1-2H3,(H,16,17)(H,18,22). The van der Waals surface area contributed by atoms with Crippen LogP contribution >= 0.6 is 11.8 Å². The second-order valence-electron chi connectivity index (χ2n) is 6.67. The first kappa shape index (κ1) is 20.9. The lowest BCUT2D eigenvalue weighted by molar-refractivity contribution is -0.116. The predicted octanol–water partition coefficient (Wildman–Crippen LogP) is -1.24. The lowest BCUT2D eigenvalue weighted by Gasteiger charge is -2.29. The van der Waals surface area contributed by atoms with E-state index in [0.29, 0.717) is 56.2 Å². The highest BCUT2D eigenvalue weighted by atomic mass is 32.2. The van der Waals surface area contributed by atoms with E-state index in [1.54, 1.807) is 11.9 Å². The van der Waals surface area contributed by atoms with Crippen LogP contribution in [0, 0.1) is 0 Å². The molecule has 1 aromatic rings. The molecule has 0 radical (unpaired) electrons. The Kier molecular flexibility index (Phi) is 6.47. The summed E-state index contributed by atoms with van der Waals surface area (Å²) in [5, 5.41) is 0.390. The van der Waals surface area contributed by atoms with E-state index in [4.69, 9.17) is 4.74 Å². The Hall–Kier alpha value is -1.83. The molecule has 0 saturated carbocycles. The molecule has 0 aromatic carbocycles. The predicted molar refractivity (Wildman–Crippen MR) is 104 cm³/mol. The molecule has 11 nitrogen and oxygen atoms in total. The number of H-pyrrole nitrogens is 1. The Morgan fingerprint density at radius 2 is 2.00 bits per heavy atom. The SMILES string of the molecule is CN1CN(C)c2nc(SCC(=O)NS(=O)(=O)CCN3CCOCC3)[nH]c2C1=O. The van der Waals surface area contributed by atoms with Gasteiger partial charge in [0, 0.05) is 33.7 Å². The average Bonchev–Trinajstić information content (AvgIpc) is 3.09. The zero-order chi connectivity index (χ0) is 20.3. The number of amides is 2. The molecular weight excluding hydrogens is 408 g/mol. The third-order valence-corrected chi connectivity index (χ3v) is 6.53. The van der Waals surface area contributed by atoms with Gasteiger partial charge in [-0.25, -0.2) is 13.4 Å². The molecule has 1 aromatic heterocycles. The van der Waals surface area contributed by atoms with Crippen molar-refractivity contribution in [2.45, 2.75) is 5.16 Å². The highest BCUT2D eigenvalue weighted by molar-refractivity contribution is 8.00. The molecule has 2 N–H and O–H groups in total. The van der Waals surface area contributed by atoms with Crippen LogP contribution in [0.15, 0.2) is 5.16 Å². The van der Waals surface area contributed by atoms with E-state index >= 15 is 0 Å². The fraction of sp³-hybridized carbons (Fsp3) is 0.667. The van der Waals surface area contributed by atoms with Crippen LogP contribution in [0.5, 0.6) is 0 Å². The molecule has 3 heterocycles. The van der Waals surface area contributed by atoms with Gasteiger partial charge >= 0.3 is 0 Å². The number of morpholine rings is 1. The zero-order valence-corrected chi connectivity index (χ0v) is 17.4. The van der Waals surface area contributed by atoms with Crippen molar-refractivity contribution in [3.63, 3.8) is 0 Å². The molecule has 1 fully saturated rings. The number of sulfonamides is 1. The molecule has 3 rings (SSSR count). The number of aromatic amines is 1. The number of fused-ring (bicyclic) bond motifs is 1. The number of carbonyl (C=O) groups is 2. The van der Waals surface area contributed by atoms with Gasteiger partial charge in [-0.1, -0.05) is 11.8 Å². The van der Waals surface area contributed by atoms with Crippen molar-refractivity contribution in [2.24, 2.45) is 0 Å². The molecule has 0 bridgehead atoms. The summed E-state index contributed by atoms with van der Waals surface area (Å²) >= 11 is 1.05. The van der Waals surface area contributed by atoms with Crippen LogP contribution in [-0.4, -0.2) is 105 Å². The number of rotatable bonds is 7. The number of hydrogen-bond acceptors (Lipinski definition) is 9. The first-order valence-corrected chi connectivity index (χ1v) is 11.4. The number of ether oxygens (including phenoxy) is 1. The second kappa shape index (κ2) is 8.68. The Morgan fingerprint density at radius 1 is 1.29 bits per heavy atom. The van der Waals surface area contributed by atoms with Gasteiger partial charge in [0.05, 0.1) is 31.4 Å². The van der Waals surface area contributed by atoms with E-state index in [1.165, 1.54) is 0 Å². The van der Waals surface area contributed by atoms with E-state index in [0.717, 1.165) is 11.8 Å². The summed E-state index contributed by atoms with van der Waals surface area (Å²) in [6.45, 7) is 3.32. The van der Waals surface area contributed by atoms with Crippen molar-refractivity contribution in [3.05, 3.63) is 5.69 Å². The van der Waals surface area contributed by atoms with Crippen LogP contribution in [-0.2, 0) is 19.6 Å². The molecule has 0 spiro atoms. The average molecular weight is 433 g/mol. The smallest absolute Gasteiger partial charge is 0.275 e. The fourth-order valence-corrected chi connectivity index (χ4v) is 4.71. The van der Waals surface area contributed by atoms with Gasteiger partial charge < -0.3 is 19.5 Å². The maximum absolute atomic E-state index is 12.2. The van der Waals surface area contributed by atoms with E-state index in [1.807, 2.05) is 16.8 Å². The Bertz CT molecular complexity index is 836. The number of carbonyl (C=O) groups excluding carboxylic acids is 2. The van der Waals surface area contributed by atoms with Crippen LogP contribution in [0.1, 0.15) is 10.5 Å². The Balaban J connectivity index is 1.49. The Morgan fingerprint density at radius 3 is 2.71 bits per heavy atom. The van der Waals surface area contributed by atoms with Gasteiger partial charge in [-0.3, -0.25) is 19.2 Å². The third kappa shape index (κ3) is 5.16. The molecule has 2 aliphatic rings. The van der Waals surface area contributed by atoms with Crippen molar-refractivity contribution in [3.8, 4) is 0 Å². The van der Waals surface area contributed by atoms with Crippen LogP contribution in [0.3, 0.4) is 0 Å². The largest absolute Gasteiger partial charge is 0.379 e. The molecular formula is C15H24N6O5S2. The molecule has 0 aliphatic carbocycles. The molecule has 156 valence electrons. The number of aromatic nitrogens is 2. The lowest BCUT2D eigenvalue weighted by atomic mass is 10.3. The summed E-state index contributed by atoms with van der Waals surface area (Å²) in [4.78, 5) is 36.8. The van der Waals surface area contributed by atoms with Crippen molar-refractivity contribution >= 4 is 39.4 Å². The van der Waals surface area contributed by atoms with E-state index in [2.05, 4.69) is 14.7 Å². The van der Waals surface area contributed by atoms with Crippen LogP contribution in [0.4, 0.5) is 5.82 Å². The van der Waals surface area contributed by atoms with Gasteiger partial charge in [-0.05, 0) is 0 Å². The van der Waals surface area contributed by atoms with Crippen molar-refractivity contribution in [2.75, 3.05) is 70.0 Å². The number of nitrogens with one attached hydrogen (secondary N) is 2. The van der Waals surface area contributed by atoms with Crippen LogP contribution in [0.2, 0.25) is 0 Å². The number of anilines is 1. The molecule has 2 amide bonds. The second-order valence-corrected chi connectivity index (χ2v) is 9.48. The molecule has 0 unspecified atom stereocenters. The van der Waals surface area contributed by atoms with Gasteiger partial charge in [0.1, 0.15) is 5.69 Å². The fourth-order valence-electron chi connectivity index (χ4n) is 2.94. The summed E-state index contributed by atoms with van der Waals surface area (Å²) in [5.74, 6) is -0.564. The van der Waals surface area contributed by atoms with Crippen molar-refractivity contribution < 1.29 is 22.7 Å². The molecule has 13 heteroatoms. The van der Waals surface area contributed by atoms with Crippen molar-refractivity contribution in [1.82, 2.24) is 24.5 Å². The number of nitrogens with zero attached hydrogens (tertiary/aromatic N) is 4. The Labute approximate surface area is 167 Å². The topological polar surface area (TPSA) is 128 Å². The molecule has 28 heavy (non-hydrogen) atoms. The van der Waals surface area contributed by atoms with Gasteiger partial charge in [0.15, 0.2) is 11.0 Å². The zero-order valence-electron chi connectivity index (χ0n) is 15.8. The van der Waals surface area contributed by atoms with E-state index in [9.17, 15) is 18.0 Å². The summed E-state index contributed by atoms with van der Waals surface area (Å²) < 4.78 is 31.5. The van der Waals surface area contributed by atoms with E-state index in [-0.39, 0.29) is 17.4 Å². The summed E-state index contributed by atoms with van der Waals surface area (Å²) in [5.41, 5.74) is 0.359. The normalized spacial score (nSPS) is 18.3. The minimum absolute atomic E-state index is 0.128. The summed E-state index contributed by atoms with van der Waals surface area (Å²) in [6, 6.07) is 0. The summed E-state index contributed by atoms with van der Waals surface area (Å²) in [6.07, 6.45) is 0. The first-order valence-electron chi connectivity index (χ1n) is 8.78. The maximum Gasteiger partial charge on any atom is 0.275 e. The van der Waals surface area contributed by atoms with Crippen LogP contribution < -0.4 is 9.62 Å². The highest BCUT2D eigenvalue weighted by Crippen LogP contribution is 2.26. The van der Waals surface area contributed by atoms with Gasteiger partial charge in [0.2, 0.25) is 15.9 Å². The van der Waals surface area contributed by atoms with Gasteiger partial charge in [0.25, 0.3) is 5.91 Å². The molecule has 1 saturated heterocycles. The number of thioether (sulfide) groups is 1. The first-order chi connectivity index (χ1) is 13.2.